The van der Waals surface area contributed by atoms with Crippen LogP contribution in [0.15, 0.2) is 0 Å². The van der Waals surface area contributed by atoms with Gasteiger partial charge in [-0.05, 0) is 30.4 Å². The summed E-state index contributed by atoms with van der Waals surface area (Å²) in [5.74, 6) is 0.599. The molecule has 0 radical (unpaired) electrons. The van der Waals surface area contributed by atoms with Gasteiger partial charge in [0.2, 0.25) is 0 Å². The Bertz CT molecular complexity index is 155. The number of amides is 1. The molecule has 1 fully saturated rings. The molecule has 1 heterocycles. The normalized spacial score (nSPS) is 19.7. The number of rotatable bonds is 2. The van der Waals surface area contributed by atoms with Crippen molar-refractivity contribution in [3.8, 4) is 0 Å². The van der Waals surface area contributed by atoms with Crippen molar-refractivity contribution in [1.29, 1.82) is 0 Å². The summed E-state index contributed by atoms with van der Waals surface area (Å²) in [6, 6.07) is 0. The Labute approximate surface area is 77.6 Å². The van der Waals surface area contributed by atoms with E-state index in [1.807, 2.05) is 0 Å². The third-order valence-electron chi connectivity index (χ3n) is 2.27. The maximum absolute atomic E-state index is 10.7. The highest BCUT2D eigenvalue weighted by atomic mass is 35.5. The lowest BCUT2D eigenvalue weighted by Gasteiger charge is -2.29. The minimum absolute atomic E-state index is 0.328. The van der Waals surface area contributed by atoms with Crippen LogP contribution in [-0.2, 0) is 4.74 Å². The summed E-state index contributed by atoms with van der Waals surface area (Å²) >= 11 is 5.34. The van der Waals surface area contributed by atoms with Gasteiger partial charge in [0.05, 0.1) is 0 Å². The van der Waals surface area contributed by atoms with Crippen LogP contribution in [0.4, 0.5) is 4.79 Å². The van der Waals surface area contributed by atoms with Gasteiger partial charge in [-0.2, -0.15) is 0 Å². The molecule has 0 spiro atoms. The lowest BCUT2D eigenvalue weighted by molar-refractivity contribution is 0.112. The lowest BCUT2D eigenvalue weighted by Crippen LogP contribution is -2.36. The summed E-state index contributed by atoms with van der Waals surface area (Å²) < 4.78 is 5.04. The zero-order chi connectivity index (χ0) is 8.97. The minimum Gasteiger partial charge on any atom is -0.384 e. The molecule has 0 N–H and O–H groups in total. The molecule has 0 unspecified atom stereocenters. The number of carbonyl (C=O) groups excluding carboxylic acids is 1. The molecule has 1 saturated heterocycles. The van der Waals surface area contributed by atoms with Gasteiger partial charge in [-0.1, -0.05) is 0 Å². The second-order valence-corrected chi connectivity index (χ2v) is 3.46. The van der Waals surface area contributed by atoms with Gasteiger partial charge in [-0.25, -0.2) is 0 Å². The van der Waals surface area contributed by atoms with Crippen LogP contribution in [0.3, 0.4) is 0 Å². The Morgan fingerprint density at radius 1 is 1.58 bits per heavy atom. The highest BCUT2D eigenvalue weighted by Crippen LogP contribution is 2.18. The van der Waals surface area contributed by atoms with E-state index >= 15 is 0 Å². The van der Waals surface area contributed by atoms with E-state index in [-0.39, 0.29) is 5.37 Å². The highest BCUT2D eigenvalue weighted by molar-refractivity contribution is 6.62. The average Bonchev–Trinajstić information content (AvgIpc) is 2.06. The van der Waals surface area contributed by atoms with Crippen LogP contribution in [-0.4, -0.2) is 37.1 Å². The number of carbonyl (C=O) groups is 1. The van der Waals surface area contributed by atoms with Crippen LogP contribution in [0, 0.1) is 5.92 Å². The molecule has 70 valence electrons. The summed E-state index contributed by atoms with van der Waals surface area (Å²) in [6.45, 7) is 2.34. The van der Waals surface area contributed by atoms with Crippen molar-refractivity contribution >= 4 is 17.0 Å². The van der Waals surface area contributed by atoms with E-state index in [0.717, 1.165) is 32.5 Å². The van der Waals surface area contributed by atoms with Crippen molar-refractivity contribution in [2.24, 2.45) is 5.92 Å². The van der Waals surface area contributed by atoms with Crippen LogP contribution in [0.5, 0.6) is 0 Å². The quantitative estimate of drug-likeness (QED) is 0.491. The third-order valence-corrected chi connectivity index (χ3v) is 2.50. The zero-order valence-electron chi connectivity index (χ0n) is 7.25. The fraction of sp³-hybridized carbons (Fsp3) is 0.875. The van der Waals surface area contributed by atoms with Crippen molar-refractivity contribution in [2.75, 3.05) is 26.8 Å². The molecule has 1 amide bonds. The standard InChI is InChI=1S/C8H14ClNO2/c1-12-6-7-2-4-10(5-3-7)8(9)11/h7H,2-6H2,1H3. The first-order chi connectivity index (χ1) is 5.74. The summed E-state index contributed by atoms with van der Waals surface area (Å²) in [4.78, 5) is 12.4. The Morgan fingerprint density at radius 3 is 2.58 bits per heavy atom. The molecule has 0 atom stereocenters. The second-order valence-electron chi connectivity index (χ2n) is 3.14. The monoisotopic (exact) mass is 191 g/mol. The molecule has 0 aromatic heterocycles. The van der Waals surface area contributed by atoms with E-state index in [1.165, 1.54) is 0 Å². The SMILES string of the molecule is COCC1CCN(C(=O)Cl)CC1. The summed E-state index contributed by atoms with van der Waals surface area (Å²) in [5, 5.41) is -0.328. The van der Waals surface area contributed by atoms with Crippen LogP contribution in [0.2, 0.25) is 0 Å². The Hall–Kier alpha value is -0.280. The van der Waals surface area contributed by atoms with Crippen molar-refractivity contribution in [1.82, 2.24) is 4.90 Å². The molecule has 0 saturated carbocycles. The maximum atomic E-state index is 10.7. The van der Waals surface area contributed by atoms with Gasteiger partial charge in [0, 0.05) is 26.8 Å². The number of likely N-dealkylation sites (tertiary alicyclic amines) is 1. The molecule has 4 heteroatoms. The van der Waals surface area contributed by atoms with Gasteiger partial charge in [0.1, 0.15) is 0 Å². The fourth-order valence-corrected chi connectivity index (χ4v) is 1.68. The number of nitrogens with zero attached hydrogens (tertiary/aromatic N) is 1. The lowest BCUT2D eigenvalue weighted by atomic mass is 9.98. The molecule has 0 bridgehead atoms. The predicted molar refractivity (Wildman–Crippen MR) is 47.4 cm³/mol. The van der Waals surface area contributed by atoms with E-state index in [4.69, 9.17) is 16.3 Å². The summed E-state index contributed by atoms with van der Waals surface area (Å²) in [7, 11) is 1.71. The molecule has 12 heavy (non-hydrogen) atoms. The largest absolute Gasteiger partial charge is 0.384 e. The first-order valence-electron chi connectivity index (χ1n) is 4.17. The molecule has 0 aromatic carbocycles. The topological polar surface area (TPSA) is 29.5 Å². The molecule has 0 aliphatic carbocycles. The molecule has 1 aliphatic heterocycles. The van der Waals surface area contributed by atoms with E-state index < -0.39 is 0 Å². The van der Waals surface area contributed by atoms with Gasteiger partial charge in [0.25, 0.3) is 0 Å². The van der Waals surface area contributed by atoms with Crippen LogP contribution in [0.1, 0.15) is 12.8 Å². The fourth-order valence-electron chi connectivity index (χ4n) is 1.51. The Morgan fingerprint density at radius 2 is 2.17 bits per heavy atom. The van der Waals surface area contributed by atoms with E-state index in [0.29, 0.717) is 5.92 Å². The number of methoxy groups -OCH3 is 1. The van der Waals surface area contributed by atoms with Crippen molar-refractivity contribution in [2.45, 2.75) is 12.8 Å². The minimum atomic E-state index is -0.328. The summed E-state index contributed by atoms with van der Waals surface area (Å²) in [5.41, 5.74) is 0. The van der Waals surface area contributed by atoms with Gasteiger partial charge < -0.3 is 9.64 Å². The smallest absolute Gasteiger partial charge is 0.316 e. The Balaban J connectivity index is 2.25. The van der Waals surface area contributed by atoms with Crippen LogP contribution in [0.25, 0.3) is 0 Å². The van der Waals surface area contributed by atoms with E-state index in [2.05, 4.69) is 0 Å². The number of halogens is 1. The van der Waals surface area contributed by atoms with E-state index in [9.17, 15) is 4.79 Å². The van der Waals surface area contributed by atoms with Gasteiger partial charge >= 0.3 is 5.37 Å². The molecule has 0 aromatic rings. The van der Waals surface area contributed by atoms with Gasteiger partial charge in [0.15, 0.2) is 0 Å². The first-order valence-corrected chi connectivity index (χ1v) is 4.55. The second kappa shape index (κ2) is 4.67. The number of piperidine rings is 1. The molecule has 1 aliphatic rings. The molecule has 3 nitrogen and oxygen atoms in total. The number of ether oxygens (including phenoxy) is 1. The number of hydrogen-bond acceptors (Lipinski definition) is 2. The van der Waals surface area contributed by atoms with Gasteiger partial charge in [-0.15, -0.1) is 0 Å². The molecular formula is C8H14ClNO2. The average molecular weight is 192 g/mol. The summed E-state index contributed by atoms with van der Waals surface area (Å²) in [6.07, 6.45) is 2.01. The first kappa shape index (κ1) is 9.81. The van der Waals surface area contributed by atoms with E-state index in [1.54, 1.807) is 12.0 Å². The molecular weight excluding hydrogens is 178 g/mol. The van der Waals surface area contributed by atoms with Crippen molar-refractivity contribution in [3.63, 3.8) is 0 Å². The maximum Gasteiger partial charge on any atom is 0.316 e. The van der Waals surface area contributed by atoms with Crippen LogP contribution >= 0.6 is 11.6 Å². The zero-order valence-corrected chi connectivity index (χ0v) is 8.01. The third kappa shape index (κ3) is 2.64. The molecule has 1 rings (SSSR count). The highest BCUT2D eigenvalue weighted by Gasteiger charge is 2.20. The Kier molecular flexibility index (Phi) is 3.82. The number of hydrogen-bond donors (Lipinski definition) is 0. The van der Waals surface area contributed by atoms with Crippen molar-refractivity contribution in [3.05, 3.63) is 0 Å². The van der Waals surface area contributed by atoms with Gasteiger partial charge in [-0.3, -0.25) is 4.79 Å². The predicted octanol–water partition coefficient (Wildman–Crippen LogP) is 1.70. The van der Waals surface area contributed by atoms with Crippen LogP contribution < -0.4 is 0 Å². The van der Waals surface area contributed by atoms with Crippen molar-refractivity contribution < 1.29 is 9.53 Å².